The fraction of sp³-hybridized carbons (Fsp3) is 0.700. The summed E-state index contributed by atoms with van der Waals surface area (Å²) in [5.74, 6) is -1.79. The zero-order valence-electron chi connectivity index (χ0n) is 9.66. The molecule has 0 saturated carbocycles. The Hall–Kier alpha value is -1.47. The van der Waals surface area contributed by atoms with Gasteiger partial charge in [-0.2, -0.15) is 0 Å². The molecule has 96 valence electrons. The molecule has 1 saturated heterocycles. The predicted octanol–water partition coefficient (Wildman–Crippen LogP) is -2.26. The summed E-state index contributed by atoms with van der Waals surface area (Å²) in [5.41, 5.74) is 0. The first kappa shape index (κ1) is 13.6. The quantitative estimate of drug-likeness (QED) is 0.311. The molecule has 0 bridgehead atoms. The van der Waals surface area contributed by atoms with Gasteiger partial charge < -0.3 is 15.7 Å². The second kappa shape index (κ2) is 6.31. The van der Waals surface area contributed by atoms with E-state index < -0.39 is 24.5 Å². The molecule has 4 N–H and O–H groups in total. The molecular formula is C10H17N3O4. The number of hydrogen-bond acceptors (Lipinski definition) is 5. The van der Waals surface area contributed by atoms with E-state index in [-0.39, 0.29) is 18.2 Å². The molecule has 1 aliphatic rings. The van der Waals surface area contributed by atoms with E-state index in [1.54, 1.807) is 0 Å². The Labute approximate surface area is 98.9 Å². The fourth-order valence-corrected chi connectivity index (χ4v) is 1.83. The third-order valence-electron chi connectivity index (χ3n) is 2.79. The summed E-state index contributed by atoms with van der Waals surface area (Å²) < 4.78 is 0. The highest BCUT2D eigenvalue weighted by Gasteiger charge is 2.32. The van der Waals surface area contributed by atoms with Gasteiger partial charge in [0.15, 0.2) is 0 Å². The number of Topliss-reactive ketones (excluding diaryl/α,β-unsaturated/α-hetero) is 1. The van der Waals surface area contributed by atoms with Crippen molar-refractivity contribution in [2.45, 2.75) is 18.9 Å². The molecule has 7 heteroatoms. The smallest absolute Gasteiger partial charge is 0.288 e. The van der Waals surface area contributed by atoms with Crippen molar-refractivity contribution in [3.05, 3.63) is 0 Å². The van der Waals surface area contributed by atoms with Crippen LogP contribution in [0.5, 0.6) is 0 Å². The Morgan fingerprint density at radius 1 is 1.59 bits per heavy atom. The second-order valence-electron chi connectivity index (χ2n) is 3.87. The fourth-order valence-electron chi connectivity index (χ4n) is 1.83. The summed E-state index contributed by atoms with van der Waals surface area (Å²) in [6.45, 7) is 0.172. The van der Waals surface area contributed by atoms with E-state index in [0.717, 1.165) is 0 Å². The minimum Gasteiger partial charge on any atom is -0.381 e. The first-order valence-electron chi connectivity index (χ1n) is 5.48. The second-order valence-corrected chi connectivity index (χ2v) is 3.87. The van der Waals surface area contributed by atoms with Crippen molar-refractivity contribution in [2.75, 3.05) is 20.3 Å². The number of nitrogens with one attached hydrogen (secondary N) is 3. The third-order valence-corrected chi connectivity index (χ3v) is 2.79. The van der Waals surface area contributed by atoms with Crippen LogP contribution in [0, 0.1) is 5.92 Å². The molecule has 1 rings (SSSR count). The monoisotopic (exact) mass is 243 g/mol. The Morgan fingerprint density at radius 2 is 2.29 bits per heavy atom. The van der Waals surface area contributed by atoms with E-state index in [1.165, 1.54) is 7.05 Å². The molecule has 1 aliphatic heterocycles. The van der Waals surface area contributed by atoms with Crippen molar-refractivity contribution < 1.29 is 19.5 Å². The third kappa shape index (κ3) is 3.50. The molecule has 7 nitrogen and oxygen atoms in total. The van der Waals surface area contributed by atoms with E-state index in [4.69, 9.17) is 5.11 Å². The molecule has 0 spiro atoms. The number of likely N-dealkylation sites (N-methyl/N-ethyl adjacent to an activating group) is 1. The van der Waals surface area contributed by atoms with E-state index in [9.17, 15) is 14.4 Å². The Morgan fingerprint density at radius 3 is 2.76 bits per heavy atom. The summed E-state index contributed by atoms with van der Waals surface area (Å²) in [4.78, 5) is 34.2. The van der Waals surface area contributed by atoms with Crippen LogP contribution in [0.4, 0.5) is 0 Å². The van der Waals surface area contributed by atoms with E-state index in [2.05, 4.69) is 16.0 Å². The molecule has 0 radical (unpaired) electrons. The van der Waals surface area contributed by atoms with Crippen LogP contribution in [-0.2, 0) is 14.4 Å². The van der Waals surface area contributed by atoms with Gasteiger partial charge in [-0.1, -0.05) is 0 Å². The maximum absolute atomic E-state index is 11.6. The van der Waals surface area contributed by atoms with Gasteiger partial charge in [0.25, 0.3) is 5.91 Å². The van der Waals surface area contributed by atoms with Gasteiger partial charge in [0.05, 0.1) is 12.8 Å². The molecular weight excluding hydrogens is 226 g/mol. The molecule has 1 heterocycles. The van der Waals surface area contributed by atoms with Crippen molar-refractivity contribution >= 4 is 17.6 Å². The lowest BCUT2D eigenvalue weighted by molar-refractivity contribution is -0.139. The largest absolute Gasteiger partial charge is 0.381 e. The summed E-state index contributed by atoms with van der Waals surface area (Å²) in [5, 5.41) is 16.2. The Kier molecular flexibility index (Phi) is 5.05. The van der Waals surface area contributed by atoms with Gasteiger partial charge in [-0.05, 0) is 12.8 Å². The van der Waals surface area contributed by atoms with E-state index >= 15 is 0 Å². The average Bonchev–Trinajstić information content (AvgIpc) is 2.72. The minimum atomic E-state index is -0.825. The predicted molar refractivity (Wildman–Crippen MR) is 58.8 cm³/mol. The van der Waals surface area contributed by atoms with Crippen LogP contribution < -0.4 is 16.0 Å². The molecule has 0 aliphatic carbocycles. The molecule has 2 unspecified atom stereocenters. The van der Waals surface area contributed by atoms with Gasteiger partial charge in [-0.25, -0.2) is 0 Å². The number of amides is 2. The number of carbonyl (C=O) groups excluding carboxylic acids is 3. The summed E-state index contributed by atoms with van der Waals surface area (Å²) in [6, 6.07) is -0.825. The van der Waals surface area contributed by atoms with Gasteiger partial charge in [0, 0.05) is 19.5 Å². The lowest BCUT2D eigenvalue weighted by atomic mass is 9.95. The first-order chi connectivity index (χ1) is 8.10. The van der Waals surface area contributed by atoms with E-state index in [0.29, 0.717) is 13.0 Å². The maximum atomic E-state index is 11.6. The minimum absolute atomic E-state index is 0.112. The van der Waals surface area contributed by atoms with E-state index in [1.807, 2.05) is 0 Å². The average molecular weight is 243 g/mol. The van der Waals surface area contributed by atoms with Gasteiger partial charge in [0.1, 0.15) is 0 Å². The van der Waals surface area contributed by atoms with Crippen molar-refractivity contribution in [1.29, 1.82) is 0 Å². The Bertz CT molecular complexity index is 319. The molecule has 1 fully saturated rings. The van der Waals surface area contributed by atoms with Crippen LogP contribution >= 0.6 is 0 Å². The number of rotatable bonds is 6. The lowest BCUT2D eigenvalue weighted by Crippen LogP contribution is -2.46. The number of aliphatic hydroxyl groups excluding tert-OH is 1. The number of carbonyl (C=O) groups is 3. The molecule has 0 aromatic heterocycles. The number of aliphatic hydroxyl groups is 1. The summed E-state index contributed by atoms with van der Waals surface area (Å²) in [7, 11) is 1.36. The molecule has 2 atom stereocenters. The molecule has 17 heavy (non-hydrogen) atoms. The first-order valence-corrected chi connectivity index (χ1v) is 5.48. The number of ketones is 1. The van der Waals surface area contributed by atoms with Crippen molar-refractivity contribution in [3.8, 4) is 0 Å². The SMILES string of the molecule is CNC(=O)C(=O)C(CC1CCNC1=O)NCO. The van der Waals surface area contributed by atoms with Gasteiger partial charge >= 0.3 is 0 Å². The zero-order valence-corrected chi connectivity index (χ0v) is 9.66. The zero-order chi connectivity index (χ0) is 12.8. The van der Waals surface area contributed by atoms with Crippen LogP contribution in [0.25, 0.3) is 0 Å². The maximum Gasteiger partial charge on any atom is 0.288 e. The summed E-state index contributed by atoms with van der Waals surface area (Å²) in [6.07, 6.45) is 0.863. The highest BCUT2D eigenvalue weighted by molar-refractivity contribution is 6.38. The van der Waals surface area contributed by atoms with Crippen molar-refractivity contribution in [1.82, 2.24) is 16.0 Å². The van der Waals surface area contributed by atoms with Crippen LogP contribution in [0.1, 0.15) is 12.8 Å². The molecule has 0 aromatic rings. The van der Waals surface area contributed by atoms with Crippen LogP contribution in [0.3, 0.4) is 0 Å². The van der Waals surface area contributed by atoms with Gasteiger partial charge in [-0.3, -0.25) is 19.7 Å². The van der Waals surface area contributed by atoms with Crippen LogP contribution in [-0.4, -0.2) is 49.1 Å². The van der Waals surface area contributed by atoms with Crippen molar-refractivity contribution in [2.24, 2.45) is 5.92 Å². The standard InChI is InChI=1S/C10H17N3O4/c1-11-10(17)8(15)7(13-5-14)4-6-2-3-12-9(6)16/h6-7,13-14H,2-5H2,1H3,(H,11,17)(H,12,16). The summed E-state index contributed by atoms with van der Waals surface area (Å²) >= 11 is 0. The lowest BCUT2D eigenvalue weighted by Gasteiger charge is -2.17. The van der Waals surface area contributed by atoms with Crippen LogP contribution in [0.15, 0.2) is 0 Å². The Balaban J connectivity index is 2.62. The topological polar surface area (TPSA) is 108 Å². The normalized spacial score (nSPS) is 20.8. The molecule has 0 aromatic carbocycles. The number of hydrogen-bond donors (Lipinski definition) is 4. The van der Waals surface area contributed by atoms with Crippen molar-refractivity contribution in [3.63, 3.8) is 0 Å². The van der Waals surface area contributed by atoms with Gasteiger partial charge in [-0.15, -0.1) is 0 Å². The highest BCUT2D eigenvalue weighted by atomic mass is 16.3. The van der Waals surface area contributed by atoms with Crippen LogP contribution in [0.2, 0.25) is 0 Å². The highest BCUT2D eigenvalue weighted by Crippen LogP contribution is 2.16. The van der Waals surface area contributed by atoms with Gasteiger partial charge in [0.2, 0.25) is 11.7 Å². The molecule has 2 amide bonds.